The molecule has 37 heavy (non-hydrogen) atoms. The standard InChI is InChI=1S/C28H30Cl2F2N2O3/c1-34(17-25(19-3-9-22(29)10-4-19)20-5-11-23(30)12-6-20)15-16-37-24-13-7-21(8-14-24)26(18-36-2)28(31,32)27(33)35/h3-14,25-26H,15-18H2,1-2H3,(H2,33,35). The summed E-state index contributed by atoms with van der Waals surface area (Å²) in [6.07, 6.45) is 0. The van der Waals surface area contributed by atoms with Gasteiger partial charge in [0.25, 0.3) is 5.91 Å². The topological polar surface area (TPSA) is 64.8 Å². The van der Waals surface area contributed by atoms with Gasteiger partial charge in [0.2, 0.25) is 0 Å². The van der Waals surface area contributed by atoms with Crippen molar-refractivity contribution >= 4 is 29.1 Å². The zero-order valence-corrected chi connectivity index (χ0v) is 22.2. The van der Waals surface area contributed by atoms with Gasteiger partial charge in [0.1, 0.15) is 12.4 Å². The lowest BCUT2D eigenvalue weighted by Gasteiger charge is -2.25. The summed E-state index contributed by atoms with van der Waals surface area (Å²) in [5.41, 5.74) is 7.40. The summed E-state index contributed by atoms with van der Waals surface area (Å²) in [5, 5.41) is 1.36. The molecule has 0 aliphatic carbocycles. The van der Waals surface area contributed by atoms with Crippen LogP contribution in [0.2, 0.25) is 10.0 Å². The number of benzene rings is 3. The highest BCUT2D eigenvalue weighted by Gasteiger charge is 2.46. The zero-order valence-electron chi connectivity index (χ0n) is 20.7. The normalized spacial score (nSPS) is 12.6. The van der Waals surface area contributed by atoms with E-state index in [0.717, 1.165) is 17.7 Å². The van der Waals surface area contributed by atoms with Gasteiger partial charge in [-0.15, -0.1) is 0 Å². The summed E-state index contributed by atoms with van der Waals surface area (Å²) in [6, 6.07) is 21.8. The third-order valence-corrected chi connectivity index (χ3v) is 6.67. The van der Waals surface area contributed by atoms with Crippen molar-refractivity contribution in [1.82, 2.24) is 4.90 Å². The number of nitrogens with zero attached hydrogens (tertiary/aromatic N) is 1. The Balaban J connectivity index is 1.61. The van der Waals surface area contributed by atoms with Crippen LogP contribution in [0.25, 0.3) is 0 Å². The van der Waals surface area contributed by atoms with Crippen molar-refractivity contribution in [3.05, 3.63) is 99.5 Å². The largest absolute Gasteiger partial charge is 0.492 e. The average molecular weight is 551 g/mol. The van der Waals surface area contributed by atoms with Gasteiger partial charge >= 0.3 is 5.92 Å². The molecule has 3 aromatic rings. The van der Waals surface area contributed by atoms with Crippen molar-refractivity contribution in [2.45, 2.75) is 17.8 Å². The average Bonchev–Trinajstić information content (AvgIpc) is 2.87. The second-order valence-electron chi connectivity index (χ2n) is 8.83. The van der Waals surface area contributed by atoms with Crippen LogP contribution in [0.4, 0.5) is 8.78 Å². The Morgan fingerprint density at radius 2 is 1.41 bits per heavy atom. The Bertz CT molecular complexity index is 1100. The maximum Gasteiger partial charge on any atom is 0.333 e. The highest BCUT2D eigenvalue weighted by atomic mass is 35.5. The van der Waals surface area contributed by atoms with Gasteiger partial charge in [-0.05, 0) is 60.1 Å². The fraction of sp³-hybridized carbons (Fsp3) is 0.321. The molecule has 0 aromatic heterocycles. The number of nitrogens with two attached hydrogens (primary N) is 1. The quantitative estimate of drug-likeness (QED) is 0.284. The first-order chi connectivity index (χ1) is 17.6. The third-order valence-electron chi connectivity index (χ3n) is 6.16. The molecule has 0 saturated heterocycles. The predicted molar refractivity (Wildman–Crippen MR) is 143 cm³/mol. The Morgan fingerprint density at radius 1 is 0.919 bits per heavy atom. The molecular formula is C28H30Cl2F2N2O3. The first-order valence-electron chi connectivity index (χ1n) is 11.7. The van der Waals surface area contributed by atoms with Crippen LogP contribution in [0.15, 0.2) is 72.8 Å². The minimum absolute atomic E-state index is 0.100. The molecule has 0 aliphatic heterocycles. The maximum absolute atomic E-state index is 14.3. The molecule has 2 N–H and O–H groups in total. The van der Waals surface area contributed by atoms with Gasteiger partial charge in [0, 0.05) is 36.2 Å². The van der Waals surface area contributed by atoms with Crippen molar-refractivity contribution in [3.8, 4) is 5.75 Å². The molecule has 5 nitrogen and oxygen atoms in total. The summed E-state index contributed by atoms with van der Waals surface area (Å²) in [5.74, 6) is -6.27. The molecule has 0 saturated carbocycles. The zero-order chi connectivity index (χ0) is 27.0. The molecule has 3 aromatic carbocycles. The first-order valence-corrected chi connectivity index (χ1v) is 12.5. The van der Waals surface area contributed by atoms with E-state index in [1.807, 2.05) is 55.6 Å². The van der Waals surface area contributed by atoms with E-state index in [9.17, 15) is 13.6 Å². The number of ether oxygens (including phenoxy) is 2. The van der Waals surface area contributed by atoms with Crippen LogP contribution in [-0.2, 0) is 9.53 Å². The summed E-state index contributed by atoms with van der Waals surface area (Å²) in [6.45, 7) is 1.41. The van der Waals surface area contributed by atoms with E-state index in [4.69, 9.17) is 38.4 Å². The highest BCUT2D eigenvalue weighted by molar-refractivity contribution is 6.30. The van der Waals surface area contributed by atoms with Crippen molar-refractivity contribution < 1.29 is 23.0 Å². The monoisotopic (exact) mass is 550 g/mol. The molecule has 0 radical (unpaired) electrons. The fourth-order valence-corrected chi connectivity index (χ4v) is 4.31. The molecule has 9 heteroatoms. The summed E-state index contributed by atoms with van der Waals surface area (Å²) >= 11 is 12.2. The minimum Gasteiger partial charge on any atom is -0.492 e. The lowest BCUT2D eigenvalue weighted by Crippen LogP contribution is -2.42. The lowest BCUT2D eigenvalue weighted by molar-refractivity contribution is -0.147. The predicted octanol–water partition coefficient (Wildman–Crippen LogP) is 5.99. The Hall–Kier alpha value is -2.71. The van der Waals surface area contributed by atoms with Gasteiger partial charge in [-0.25, -0.2) is 0 Å². The van der Waals surface area contributed by atoms with E-state index >= 15 is 0 Å². The highest BCUT2D eigenvalue weighted by Crippen LogP contribution is 2.34. The number of carbonyl (C=O) groups is 1. The Kier molecular flexibility index (Phi) is 10.3. The number of likely N-dealkylation sites (N-methyl/N-ethyl adjacent to an activating group) is 1. The van der Waals surface area contributed by atoms with Gasteiger partial charge in [-0.2, -0.15) is 8.78 Å². The molecule has 198 valence electrons. The maximum atomic E-state index is 14.3. The van der Waals surface area contributed by atoms with Crippen LogP contribution in [-0.4, -0.2) is 57.2 Å². The molecular weight excluding hydrogens is 521 g/mol. The molecule has 3 rings (SSSR count). The van der Waals surface area contributed by atoms with Gasteiger partial charge in [-0.3, -0.25) is 4.79 Å². The molecule has 1 unspecified atom stereocenters. The molecule has 0 aliphatic rings. The molecule has 0 fully saturated rings. The Labute approximate surface area is 226 Å². The van der Waals surface area contributed by atoms with E-state index in [1.54, 1.807) is 12.1 Å². The van der Waals surface area contributed by atoms with Crippen molar-refractivity contribution in [3.63, 3.8) is 0 Å². The number of amides is 1. The first kappa shape index (κ1) is 28.9. The van der Waals surface area contributed by atoms with E-state index in [0.29, 0.717) is 28.9 Å². The lowest BCUT2D eigenvalue weighted by atomic mass is 9.91. The molecule has 1 amide bonds. The Morgan fingerprint density at radius 3 is 1.86 bits per heavy atom. The van der Waals surface area contributed by atoms with E-state index in [2.05, 4.69) is 4.90 Å². The number of hydrogen-bond donors (Lipinski definition) is 1. The van der Waals surface area contributed by atoms with Crippen LogP contribution in [0, 0.1) is 0 Å². The summed E-state index contributed by atoms with van der Waals surface area (Å²) < 4.78 is 39.2. The number of alkyl halides is 2. The van der Waals surface area contributed by atoms with Crippen LogP contribution in [0.5, 0.6) is 5.75 Å². The smallest absolute Gasteiger partial charge is 0.333 e. The fourth-order valence-electron chi connectivity index (χ4n) is 4.06. The number of rotatable bonds is 13. The number of halogens is 4. The van der Waals surface area contributed by atoms with E-state index in [1.165, 1.54) is 19.2 Å². The summed E-state index contributed by atoms with van der Waals surface area (Å²) in [4.78, 5) is 13.4. The van der Waals surface area contributed by atoms with Gasteiger partial charge in [-0.1, -0.05) is 59.6 Å². The number of methoxy groups -OCH3 is 1. The van der Waals surface area contributed by atoms with Crippen LogP contribution >= 0.6 is 23.2 Å². The number of hydrogen-bond acceptors (Lipinski definition) is 4. The van der Waals surface area contributed by atoms with Crippen molar-refractivity contribution in [1.29, 1.82) is 0 Å². The third kappa shape index (κ3) is 7.89. The molecule has 0 spiro atoms. The minimum atomic E-state index is -3.73. The molecule has 0 heterocycles. The number of carbonyl (C=O) groups excluding carboxylic acids is 1. The van der Waals surface area contributed by atoms with Gasteiger partial charge in [0.05, 0.1) is 12.5 Å². The van der Waals surface area contributed by atoms with E-state index in [-0.39, 0.29) is 18.1 Å². The van der Waals surface area contributed by atoms with Crippen molar-refractivity contribution in [2.24, 2.45) is 5.73 Å². The van der Waals surface area contributed by atoms with Crippen LogP contribution in [0.1, 0.15) is 28.5 Å². The van der Waals surface area contributed by atoms with Crippen LogP contribution < -0.4 is 10.5 Å². The van der Waals surface area contributed by atoms with E-state index < -0.39 is 17.7 Å². The van der Waals surface area contributed by atoms with Gasteiger partial charge < -0.3 is 20.1 Å². The second-order valence-corrected chi connectivity index (χ2v) is 9.70. The number of primary amides is 1. The molecule has 1 atom stereocenters. The summed E-state index contributed by atoms with van der Waals surface area (Å²) in [7, 11) is 3.30. The van der Waals surface area contributed by atoms with Crippen LogP contribution in [0.3, 0.4) is 0 Å². The molecule has 0 bridgehead atoms. The SMILES string of the molecule is COCC(c1ccc(OCCN(C)CC(c2ccc(Cl)cc2)c2ccc(Cl)cc2)cc1)C(F)(F)C(N)=O. The van der Waals surface area contributed by atoms with Crippen molar-refractivity contribution in [2.75, 3.05) is 40.5 Å². The van der Waals surface area contributed by atoms with Gasteiger partial charge in [0.15, 0.2) is 0 Å². The second kappa shape index (κ2) is 13.2.